The Morgan fingerprint density at radius 2 is 0.385 bits per heavy atom. The second kappa shape index (κ2) is 20.7. The molecule has 0 aliphatic carbocycles. The van der Waals surface area contributed by atoms with Gasteiger partial charge in [-0.15, -0.1) is 0 Å². The smallest absolute Gasteiger partial charge is 0.282 e. The average molecular weight is 698 g/mol. The van der Waals surface area contributed by atoms with Crippen LogP contribution in [0.3, 0.4) is 0 Å². The molecule has 0 aromatic heterocycles. The Balaban J connectivity index is -0.0000000450. The van der Waals surface area contributed by atoms with Crippen molar-refractivity contribution in [3.63, 3.8) is 0 Å². The molecule has 0 atom stereocenters. The molecule has 0 heterocycles. The van der Waals surface area contributed by atoms with Gasteiger partial charge in [0.15, 0.2) is 0 Å². The van der Waals surface area contributed by atoms with Crippen molar-refractivity contribution in [3.8, 4) is 0 Å². The summed E-state index contributed by atoms with van der Waals surface area (Å²) in [6.07, 6.45) is 0. The summed E-state index contributed by atoms with van der Waals surface area (Å²) in [6, 6.07) is 0. The van der Waals surface area contributed by atoms with Crippen LogP contribution < -0.4 is 94.1 Å². The Bertz CT molecular complexity index is 43.4. The van der Waals surface area contributed by atoms with E-state index in [1.54, 1.807) is 0 Å². The fraction of sp³-hybridized carbons (Fsp3) is 0. The molecule has 0 rings (SSSR count). The Kier molecular flexibility index (Phi) is 40.3. The fourth-order valence-corrected chi connectivity index (χ4v) is 0. The van der Waals surface area contributed by atoms with Crippen LogP contribution in [0.1, 0.15) is 0 Å². The molecule has 9 nitrogen and oxygen atoms in total. The van der Waals surface area contributed by atoms with Gasteiger partial charge in [-0.1, -0.05) is 0 Å². The second-order valence-corrected chi connectivity index (χ2v) is 3.80. The summed E-state index contributed by atoms with van der Waals surface area (Å²) in [7, 11) is 0. The number of rotatable bonds is 0. The van der Waals surface area contributed by atoms with E-state index in [0.29, 0.717) is 0 Å². The molecule has 0 bridgehead atoms. The Morgan fingerprint density at radius 1 is 0.385 bits per heavy atom. The molecule has 13 heteroatoms. The Labute approximate surface area is 138 Å². The van der Waals surface area contributed by atoms with Gasteiger partial charge in [-0.3, -0.25) is 0 Å². The average Bonchev–Trinajstić information content (AvgIpc) is 1.54. The minimum atomic E-state index is -4.01. The summed E-state index contributed by atoms with van der Waals surface area (Å²) in [5.74, 6) is 0. The molecule has 13 heavy (non-hydrogen) atoms. The van der Waals surface area contributed by atoms with E-state index in [1.165, 1.54) is 0 Å². The predicted octanol–water partition coefficient (Wildman–Crippen LogP) is -19.7. The van der Waals surface area contributed by atoms with Crippen LogP contribution in [0.5, 0.6) is 0 Å². The second-order valence-electron chi connectivity index (χ2n) is 0.567. The molecule has 0 unspecified atom stereocenters. The molecule has 0 saturated heterocycles. The van der Waals surface area contributed by atoms with Crippen LogP contribution >= 0.6 is 0 Å². The number of hydrogen-bond donors (Lipinski definition) is 0. The summed E-state index contributed by atoms with van der Waals surface area (Å²) in [5.41, 5.74) is 0. The maximum Gasteiger partial charge on any atom is 0.282 e. The molecule has 0 spiro atoms. The van der Waals surface area contributed by atoms with Crippen molar-refractivity contribution in [3.05, 3.63) is 0 Å². The van der Waals surface area contributed by atoms with Crippen LogP contribution in [-0.4, -0.2) is 0 Å². The molecular formula is I3O9Yb-3. The molecule has 0 fully saturated rings. The van der Waals surface area contributed by atoms with E-state index in [9.17, 15) is 0 Å². The molecule has 0 aromatic rings. The van der Waals surface area contributed by atoms with E-state index in [2.05, 4.69) is 0 Å². The van der Waals surface area contributed by atoms with Crippen LogP contribution in [0.25, 0.3) is 0 Å². The first-order chi connectivity index (χ1) is 5.20. The Hall–Kier alpha value is 3.35. The third kappa shape index (κ3) is 244. The van der Waals surface area contributed by atoms with Crippen molar-refractivity contribution in [2.75, 3.05) is 0 Å². The normalized spacial score (nSPS) is 8.31. The topological polar surface area (TPSA) is 208 Å². The van der Waals surface area contributed by atoms with E-state index in [4.69, 9.17) is 30.9 Å². The summed E-state index contributed by atoms with van der Waals surface area (Å²) in [5, 5.41) is 0. The largest absolute Gasteiger partial charge is 0.427 e. The van der Waals surface area contributed by atoms with Gasteiger partial charge in [-0.2, -0.15) is 0 Å². The van der Waals surface area contributed by atoms with Crippen LogP contribution in [0.4, 0.5) is 0 Å². The summed E-state index contributed by atoms with van der Waals surface area (Å²) in [6.45, 7) is 0. The summed E-state index contributed by atoms with van der Waals surface area (Å²) >= 11 is -12.0. The van der Waals surface area contributed by atoms with Gasteiger partial charge in [0.05, 0.1) is 0 Å². The third-order valence-electron chi connectivity index (χ3n) is 0. The van der Waals surface area contributed by atoms with Crippen LogP contribution in [0.2, 0.25) is 0 Å². The van der Waals surface area contributed by atoms with E-state index in [-0.39, 0.29) is 46.9 Å². The summed E-state index contributed by atoms with van der Waals surface area (Å²) < 4.78 is 77.2. The van der Waals surface area contributed by atoms with Crippen LogP contribution in [-0.2, 0) is 0 Å². The number of halogens is 3. The maximum absolute atomic E-state index is 8.57. The van der Waals surface area contributed by atoms with Crippen molar-refractivity contribution in [2.24, 2.45) is 0 Å². The number of hydrogen-bond acceptors (Lipinski definition) is 9. The SMILES string of the molecule is [O-][I+2]([O-])[O-].[O-][I+2]([O-])[O-].[O-][I+2]([O-])[O-].[Yb]. The minimum absolute atomic E-state index is 0. The van der Waals surface area contributed by atoms with Gasteiger partial charge in [-0.25, -0.2) is 0 Å². The maximum atomic E-state index is 8.57. The van der Waals surface area contributed by atoms with E-state index < -0.39 is 63.2 Å². The first-order valence-electron chi connectivity index (χ1n) is 1.39. The van der Waals surface area contributed by atoms with Gasteiger partial charge < -0.3 is 30.9 Å². The van der Waals surface area contributed by atoms with Crippen molar-refractivity contribution in [2.45, 2.75) is 0 Å². The quantitative estimate of drug-likeness (QED) is 0.220. The third-order valence-corrected chi connectivity index (χ3v) is 0. The van der Waals surface area contributed by atoms with Crippen LogP contribution in [0, 0.1) is 46.9 Å². The van der Waals surface area contributed by atoms with Crippen molar-refractivity contribution in [1.82, 2.24) is 0 Å². The zero-order chi connectivity index (χ0) is 10.7. The molecule has 0 aromatic carbocycles. The van der Waals surface area contributed by atoms with Crippen molar-refractivity contribution in [1.29, 1.82) is 0 Å². The zero-order valence-corrected chi connectivity index (χ0v) is 13.3. The minimum Gasteiger partial charge on any atom is -0.427 e. The molecule has 0 aliphatic rings. The van der Waals surface area contributed by atoms with Gasteiger partial charge in [0.2, 0.25) is 0 Å². The molecule has 0 N–H and O–H groups in total. The molecule has 92 valence electrons. The monoisotopic (exact) mass is 699 g/mol. The predicted molar refractivity (Wildman–Crippen MR) is 0 cm³/mol. The van der Waals surface area contributed by atoms with Gasteiger partial charge in [-0.05, 0) is 0 Å². The molecule has 0 aliphatic heterocycles. The van der Waals surface area contributed by atoms with Gasteiger partial charge in [0, 0.05) is 46.9 Å². The van der Waals surface area contributed by atoms with E-state index in [1.807, 2.05) is 0 Å². The van der Waals surface area contributed by atoms with Crippen molar-refractivity contribution < 1.29 is 141 Å². The molecule has 0 radical (unpaired) electrons. The fourth-order valence-electron chi connectivity index (χ4n) is 0. The first-order valence-corrected chi connectivity index (χ1v) is 9.32. The molecule has 0 saturated carbocycles. The molecule has 0 amide bonds. The zero-order valence-electron chi connectivity index (χ0n) is 5.08. The van der Waals surface area contributed by atoms with E-state index in [0.717, 1.165) is 0 Å². The van der Waals surface area contributed by atoms with E-state index >= 15 is 0 Å². The van der Waals surface area contributed by atoms with Crippen molar-refractivity contribution >= 4 is 0 Å². The Morgan fingerprint density at radius 3 is 0.385 bits per heavy atom. The standard InChI is InChI=1S/3IO3.Yb/c3*2-1(3)4;/q3*-1;. The van der Waals surface area contributed by atoms with Gasteiger partial charge >= 0.3 is 0 Å². The van der Waals surface area contributed by atoms with Gasteiger partial charge in [0.25, 0.3) is 63.2 Å². The van der Waals surface area contributed by atoms with Crippen LogP contribution in [0.15, 0.2) is 0 Å². The molecular weight excluding hydrogens is 698 g/mol. The van der Waals surface area contributed by atoms with Gasteiger partial charge in [0.1, 0.15) is 0 Å². The summed E-state index contributed by atoms with van der Waals surface area (Å²) in [4.78, 5) is 0. The first kappa shape index (κ1) is 25.3.